The number of primary amides is 1. The van der Waals surface area contributed by atoms with Crippen LogP contribution in [-0.4, -0.2) is 29.3 Å². The molecule has 10 heteroatoms. The Labute approximate surface area is 151 Å². The van der Waals surface area contributed by atoms with Gasteiger partial charge in [0.2, 0.25) is 0 Å². The first-order valence-corrected chi connectivity index (χ1v) is 8.01. The van der Waals surface area contributed by atoms with Gasteiger partial charge in [-0.15, -0.1) is 11.3 Å². The van der Waals surface area contributed by atoms with E-state index in [0.717, 1.165) is 17.4 Å². The van der Waals surface area contributed by atoms with Crippen LogP contribution in [0, 0.1) is 10.1 Å². The Balaban J connectivity index is 1.84. The van der Waals surface area contributed by atoms with Gasteiger partial charge in [-0.2, -0.15) is 0 Å². The lowest BCUT2D eigenvalue weighted by Crippen LogP contribution is -2.21. The number of nitrogens with two attached hydrogens (primary N) is 1. The lowest BCUT2D eigenvalue weighted by molar-refractivity contribution is -0.384. The first-order valence-electron chi connectivity index (χ1n) is 7.13. The quantitative estimate of drug-likeness (QED) is 0.328. The number of nitrogens with one attached hydrogen (secondary N) is 1. The van der Waals surface area contributed by atoms with Crippen molar-refractivity contribution in [2.24, 2.45) is 5.73 Å². The second-order valence-electron chi connectivity index (χ2n) is 4.87. The molecule has 3 N–H and O–H groups in total. The summed E-state index contributed by atoms with van der Waals surface area (Å²) in [7, 11) is 0. The van der Waals surface area contributed by atoms with E-state index in [9.17, 15) is 24.5 Å². The van der Waals surface area contributed by atoms with Crippen molar-refractivity contribution in [3.8, 4) is 0 Å². The highest BCUT2D eigenvalue weighted by molar-refractivity contribution is 7.14. The maximum absolute atomic E-state index is 11.7. The Morgan fingerprint density at radius 1 is 1.23 bits per heavy atom. The van der Waals surface area contributed by atoms with E-state index in [0.29, 0.717) is 5.56 Å². The van der Waals surface area contributed by atoms with E-state index in [2.05, 4.69) is 5.32 Å². The second-order valence-corrected chi connectivity index (χ2v) is 5.78. The van der Waals surface area contributed by atoms with Gasteiger partial charge in [-0.05, 0) is 35.2 Å². The van der Waals surface area contributed by atoms with Crippen LogP contribution in [0.15, 0.2) is 41.8 Å². The summed E-state index contributed by atoms with van der Waals surface area (Å²) >= 11 is 1.12. The number of rotatable bonds is 7. The lowest BCUT2D eigenvalue weighted by Gasteiger charge is -2.04. The predicted molar refractivity (Wildman–Crippen MR) is 94.6 cm³/mol. The summed E-state index contributed by atoms with van der Waals surface area (Å²) in [4.78, 5) is 44.5. The van der Waals surface area contributed by atoms with Crippen LogP contribution >= 0.6 is 11.3 Å². The molecule has 2 amide bonds. The number of esters is 1. The molecule has 0 radical (unpaired) electrons. The monoisotopic (exact) mass is 375 g/mol. The number of anilines is 1. The smallest absolute Gasteiger partial charge is 0.331 e. The highest BCUT2D eigenvalue weighted by atomic mass is 32.1. The molecule has 1 aromatic carbocycles. The van der Waals surface area contributed by atoms with Crippen molar-refractivity contribution in [3.05, 3.63) is 63.0 Å². The molecule has 0 saturated carbocycles. The van der Waals surface area contributed by atoms with Crippen LogP contribution in [0.3, 0.4) is 0 Å². The zero-order valence-corrected chi connectivity index (χ0v) is 14.0. The molecule has 0 aliphatic carbocycles. The molecule has 2 rings (SSSR count). The fraction of sp³-hybridized carbons (Fsp3) is 0.0625. The SMILES string of the molecule is NC(=O)c1ccsc1NC(=O)COC(=O)/C=C/c1ccc([N+](=O)[O-])cc1. The Bertz CT molecular complexity index is 872. The third kappa shape index (κ3) is 5.24. The Kier molecular flexibility index (Phi) is 6.17. The number of ether oxygens (including phenoxy) is 1. The first kappa shape index (κ1) is 18.8. The number of hydrogen-bond acceptors (Lipinski definition) is 7. The van der Waals surface area contributed by atoms with Gasteiger partial charge in [0.15, 0.2) is 6.61 Å². The Hall–Kier alpha value is -3.53. The molecule has 0 aliphatic heterocycles. The van der Waals surface area contributed by atoms with E-state index in [-0.39, 0.29) is 16.3 Å². The third-order valence-corrected chi connectivity index (χ3v) is 3.87. The molecule has 26 heavy (non-hydrogen) atoms. The van der Waals surface area contributed by atoms with Crippen molar-refractivity contribution in [2.75, 3.05) is 11.9 Å². The van der Waals surface area contributed by atoms with Gasteiger partial charge in [0.1, 0.15) is 5.00 Å². The number of nitrogens with zero attached hydrogens (tertiary/aromatic N) is 1. The Morgan fingerprint density at radius 3 is 2.54 bits per heavy atom. The van der Waals surface area contributed by atoms with E-state index in [1.54, 1.807) is 5.38 Å². The third-order valence-electron chi connectivity index (χ3n) is 3.04. The number of carbonyl (C=O) groups excluding carboxylic acids is 3. The average Bonchev–Trinajstić information content (AvgIpc) is 3.06. The Morgan fingerprint density at radius 2 is 1.92 bits per heavy atom. The number of benzene rings is 1. The molecular formula is C16H13N3O6S. The van der Waals surface area contributed by atoms with Gasteiger partial charge in [-0.1, -0.05) is 0 Å². The summed E-state index contributed by atoms with van der Waals surface area (Å²) in [6, 6.07) is 7.01. The van der Waals surface area contributed by atoms with Crippen molar-refractivity contribution in [2.45, 2.75) is 0 Å². The molecule has 2 aromatic rings. The van der Waals surface area contributed by atoms with Gasteiger partial charge in [-0.3, -0.25) is 19.7 Å². The zero-order valence-electron chi connectivity index (χ0n) is 13.2. The minimum Gasteiger partial charge on any atom is -0.452 e. The van der Waals surface area contributed by atoms with Crippen LogP contribution in [-0.2, 0) is 14.3 Å². The van der Waals surface area contributed by atoms with Gasteiger partial charge >= 0.3 is 5.97 Å². The summed E-state index contributed by atoms with van der Waals surface area (Å²) < 4.78 is 4.78. The number of nitro groups is 1. The van der Waals surface area contributed by atoms with Gasteiger partial charge in [-0.25, -0.2) is 4.79 Å². The normalized spacial score (nSPS) is 10.5. The van der Waals surface area contributed by atoms with Crippen molar-refractivity contribution >= 4 is 45.9 Å². The van der Waals surface area contributed by atoms with E-state index >= 15 is 0 Å². The molecule has 0 fully saturated rings. The molecule has 9 nitrogen and oxygen atoms in total. The maximum atomic E-state index is 11.7. The van der Waals surface area contributed by atoms with Crippen molar-refractivity contribution in [1.82, 2.24) is 0 Å². The van der Waals surface area contributed by atoms with E-state index in [1.807, 2.05) is 0 Å². The molecular weight excluding hydrogens is 362 g/mol. The fourth-order valence-corrected chi connectivity index (χ4v) is 2.63. The lowest BCUT2D eigenvalue weighted by atomic mass is 10.2. The van der Waals surface area contributed by atoms with Crippen LogP contribution in [0.25, 0.3) is 6.08 Å². The topological polar surface area (TPSA) is 142 Å². The van der Waals surface area contributed by atoms with E-state index in [4.69, 9.17) is 10.5 Å². The number of hydrogen-bond donors (Lipinski definition) is 2. The first-order chi connectivity index (χ1) is 12.4. The molecule has 134 valence electrons. The summed E-state index contributed by atoms with van der Waals surface area (Å²) in [5.41, 5.74) is 5.83. The summed E-state index contributed by atoms with van der Waals surface area (Å²) in [5, 5.41) is 14.9. The van der Waals surface area contributed by atoms with Crippen LogP contribution in [0.2, 0.25) is 0 Å². The van der Waals surface area contributed by atoms with Gasteiger partial charge in [0.25, 0.3) is 17.5 Å². The molecule has 1 heterocycles. The zero-order chi connectivity index (χ0) is 19.1. The highest BCUT2D eigenvalue weighted by Crippen LogP contribution is 2.22. The molecule has 0 atom stereocenters. The van der Waals surface area contributed by atoms with Crippen LogP contribution in [0.4, 0.5) is 10.7 Å². The average molecular weight is 375 g/mol. The van der Waals surface area contributed by atoms with Crippen LogP contribution in [0.1, 0.15) is 15.9 Å². The second kappa shape index (κ2) is 8.53. The fourth-order valence-electron chi connectivity index (χ4n) is 1.82. The van der Waals surface area contributed by atoms with Crippen LogP contribution < -0.4 is 11.1 Å². The molecule has 0 spiro atoms. The van der Waals surface area contributed by atoms with Gasteiger partial charge in [0.05, 0.1) is 10.5 Å². The molecule has 0 aliphatic rings. The maximum Gasteiger partial charge on any atom is 0.331 e. The summed E-state index contributed by atoms with van der Waals surface area (Å²) in [6.45, 7) is -0.542. The van der Waals surface area contributed by atoms with E-state index in [1.165, 1.54) is 36.4 Å². The van der Waals surface area contributed by atoms with Gasteiger partial charge in [0, 0.05) is 18.2 Å². The van der Waals surface area contributed by atoms with Crippen molar-refractivity contribution < 1.29 is 24.0 Å². The largest absolute Gasteiger partial charge is 0.452 e. The predicted octanol–water partition coefficient (Wildman–Crippen LogP) is 1.95. The summed E-state index contributed by atoms with van der Waals surface area (Å²) in [6.07, 6.45) is 2.49. The number of nitro benzene ring substituents is 1. The molecule has 1 aromatic heterocycles. The minimum atomic E-state index is -0.764. The van der Waals surface area contributed by atoms with Crippen molar-refractivity contribution in [3.63, 3.8) is 0 Å². The molecule has 0 bridgehead atoms. The van der Waals surface area contributed by atoms with Gasteiger partial charge < -0.3 is 15.8 Å². The number of amides is 2. The standard InChI is InChI=1S/C16H13N3O6S/c17-15(22)12-7-8-26-16(12)18-13(20)9-25-14(21)6-3-10-1-4-11(5-2-10)19(23)24/h1-8H,9H2,(H2,17,22)(H,18,20)/b6-3+. The summed E-state index contributed by atoms with van der Waals surface area (Å²) in [5.74, 6) is -2.06. The van der Waals surface area contributed by atoms with Crippen molar-refractivity contribution in [1.29, 1.82) is 0 Å². The van der Waals surface area contributed by atoms with E-state index < -0.39 is 29.3 Å². The molecule has 0 saturated heterocycles. The van der Waals surface area contributed by atoms with Crippen LogP contribution in [0.5, 0.6) is 0 Å². The number of thiophene rings is 1. The highest BCUT2D eigenvalue weighted by Gasteiger charge is 2.13. The minimum absolute atomic E-state index is 0.0645. The number of non-ortho nitro benzene ring substituents is 1. The molecule has 0 unspecified atom stereocenters. The number of carbonyl (C=O) groups is 3.